The Hall–Kier alpha value is -2.09. The molecule has 2 aromatic heterocycles. The molecule has 0 bridgehead atoms. The molecule has 3 aromatic rings. The van der Waals surface area contributed by atoms with Gasteiger partial charge in [0.1, 0.15) is 22.8 Å². The molecule has 0 atom stereocenters. The van der Waals surface area contributed by atoms with Crippen LogP contribution in [0.1, 0.15) is 38.2 Å². The molecule has 0 spiro atoms. The van der Waals surface area contributed by atoms with E-state index in [1.807, 2.05) is 6.07 Å². The summed E-state index contributed by atoms with van der Waals surface area (Å²) in [5, 5.41) is 5.98. The van der Waals surface area contributed by atoms with Gasteiger partial charge in [0, 0.05) is 41.7 Å². The van der Waals surface area contributed by atoms with Crippen LogP contribution in [0, 0.1) is 0 Å². The van der Waals surface area contributed by atoms with Gasteiger partial charge in [-0.05, 0) is 50.3 Å². The molecular formula is C23H28N4O2S. The quantitative estimate of drug-likeness (QED) is 0.667. The monoisotopic (exact) mass is 424 g/mol. The second-order valence-electron chi connectivity index (χ2n) is 8.51. The summed E-state index contributed by atoms with van der Waals surface area (Å²) in [5.41, 5.74) is 1.05. The van der Waals surface area contributed by atoms with Crippen LogP contribution in [0.2, 0.25) is 0 Å². The van der Waals surface area contributed by atoms with Crippen molar-refractivity contribution >= 4 is 43.2 Å². The Balaban J connectivity index is 1.36. The number of aromatic nitrogens is 2. The van der Waals surface area contributed by atoms with Crippen LogP contribution in [0.15, 0.2) is 24.5 Å². The lowest BCUT2D eigenvalue weighted by molar-refractivity contribution is -0.116. The molecule has 1 saturated carbocycles. The van der Waals surface area contributed by atoms with Gasteiger partial charge in [0.15, 0.2) is 0 Å². The highest BCUT2D eigenvalue weighted by molar-refractivity contribution is 7.25. The molecule has 1 aliphatic heterocycles. The van der Waals surface area contributed by atoms with E-state index in [9.17, 15) is 4.79 Å². The number of nitrogens with zero attached hydrogens (tertiary/aromatic N) is 3. The highest BCUT2D eigenvalue weighted by atomic mass is 32.1. The Bertz CT molecular complexity index is 1050. The lowest BCUT2D eigenvalue weighted by Gasteiger charge is -2.39. The van der Waals surface area contributed by atoms with E-state index in [0.717, 1.165) is 66.1 Å². The van der Waals surface area contributed by atoms with Gasteiger partial charge in [-0.2, -0.15) is 0 Å². The van der Waals surface area contributed by atoms with Crippen LogP contribution in [0.3, 0.4) is 0 Å². The third-order valence-corrected chi connectivity index (χ3v) is 7.46. The van der Waals surface area contributed by atoms with Crippen molar-refractivity contribution < 1.29 is 9.53 Å². The number of ether oxygens (including phenoxy) is 1. The number of benzene rings is 1. The number of Topliss-reactive ketones (excluding diaryl/α,β-unsaturated/α-hetero) is 1. The van der Waals surface area contributed by atoms with Crippen LogP contribution in [0.4, 0.5) is 5.82 Å². The number of thiophene rings is 1. The molecule has 2 aliphatic rings. The number of hydrogen-bond donors (Lipinski definition) is 1. The van der Waals surface area contributed by atoms with Gasteiger partial charge in [0.2, 0.25) is 0 Å². The highest BCUT2D eigenvalue weighted by Gasteiger charge is 2.27. The molecule has 1 N–H and O–H groups in total. The fraction of sp³-hybridized carbons (Fsp3) is 0.522. The Morgan fingerprint density at radius 2 is 2.00 bits per heavy atom. The Morgan fingerprint density at radius 3 is 2.77 bits per heavy atom. The van der Waals surface area contributed by atoms with Crippen molar-refractivity contribution in [2.45, 2.75) is 51.1 Å². The van der Waals surface area contributed by atoms with Gasteiger partial charge in [-0.1, -0.05) is 6.07 Å². The van der Waals surface area contributed by atoms with Crippen molar-refractivity contribution in [1.82, 2.24) is 14.9 Å². The fourth-order valence-electron chi connectivity index (χ4n) is 4.88. The van der Waals surface area contributed by atoms with Crippen molar-refractivity contribution in [3.63, 3.8) is 0 Å². The first-order chi connectivity index (χ1) is 14.7. The van der Waals surface area contributed by atoms with E-state index < -0.39 is 0 Å². The standard InChI is InChI=1S/C23H28N4O2S/c1-15(28)12-16-2-7-20-19(13-16)21-22(24-14-25-23(21)30-20)26-17-3-5-18(6-4-17)27-8-10-29-11-9-27/h2,7,13-14,17-18H,3-6,8-12H2,1H3,(H,24,25,26)/t17-,18-. The molecule has 3 heterocycles. The Labute approximate surface area is 180 Å². The molecule has 6 nitrogen and oxygen atoms in total. The van der Waals surface area contributed by atoms with Crippen molar-refractivity contribution in [3.05, 3.63) is 30.1 Å². The van der Waals surface area contributed by atoms with Crippen LogP contribution in [-0.2, 0) is 16.0 Å². The average molecular weight is 425 g/mol. The van der Waals surface area contributed by atoms with Gasteiger partial charge in [-0.3, -0.25) is 9.69 Å². The summed E-state index contributed by atoms with van der Waals surface area (Å²) in [6.45, 7) is 5.51. The van der Waals surface area contributed by atoms with Crippen LogP contribution in [0.25, 0.3) is 20.3 Å². The molecule has 1 aromatic carbocycles. The molecule has 5 rings (SSSR count). The molecule has 158 valence electrons. The van der Waals surface area contributed by atoms with Crippen LogP contribution in [-0.4, -0.2) is 59.0 Å². The average Bonchev–Trinajstić information content (AvgIpc) is 3.13. The number of fused-ring (bicyclic) bond motifs is 3. The summed E-state index contributed by atoms with van der Waals surface area (Å²) in [6, 6.07) is 7.42. The molecular weight excluding hydrogens is 396 g/mol. The molecule has 7 heteroatoms. The zero-order valence-electron chi connectivity index (χ0n) is 17.4. The number of rotatable bonds is 5. The van der Waals surface area contributed by atoms with E-state index >= 15 is 0 Å². The van der Waals surface area contributed by atoms with Crippen molar-refractivity contribution in [3.8, 4) is 0 Å². The molecule has 30 heavy (non-hydrogen) atoms. The zero-order valence-corrected chi connectivity index (χ0v) is 18.2. The van der Waals surface area contributed by atoms with Crippen LogP contribution < -0.4 is 5.32 Å². The van der Waals surface area contributed by atoms with E-state index in [2.05, 4.69) is 32.3 Å². The summed E-state index contributed by atoms with van der Waals surface area (Å²) in [7, 11) is 0. The maximum Gasteiger partial charge on any atom is 0.139 e. The van der Waals surface area contributed by atoms with E-state index in [0.29, 0.717) is 18.5 Å². The maximum absolute atomic E-state index is 11.6. The lowest BCUT2D eigenvalue weighted by Crippen LogP contribution is -2.46. The summed E-state index contributed by atoms with van der Waals surface area (Å²) in [6.07, 6.45) is 6.89. The zero-order chi connectivity index (χ0) is 20.5. The van der Waals surface area contributed by atoms with E-state index in [4.69, 9.17) is 4.74 Å². The van der Waals surface area contributed by atoms with Gasteiger partial charge in [0.05, 0.1) is 18.6 Å². The summed E-state index contributed by atoms with van der Waals surface area (Å²) >= 11 is 1.69. The van der Waals surface area contributed by atoms with Crippen LogP contribution >= 0.6 is 11.3 Å². The van der Waals surface area contributed by atoms with E-state index in [1.54, 1.807) is 24.6 Å². The topological polar surface area (TPSA) is 67.4 Å². The van der Waals surface area contributed by atoms with E-state index in [1.165, 1.54) is 17.5 Å². The molecule has 1 aliphatic carbocycles. The summed E-state index contributed by atoms with van der Waals surface area (Å²) < 4.78 is 6.69. The first-order valence-electron chi connectivity index (χ1n) is 10.9. The van der Waals surface area contributed by atoms with Gasteiger partial charge >= 0.3 is 0 Å². The smallest absolute Gasteiger partial charge is 0.139 e. The predicted molar refractivity (Wildman–Crippen MR) is 121 cm³/mol. The first-order valence-corrected chi connectivity index (χ1v) is 11.7. The fourth-order valence-corrected chi connectivity index (χ4v) is 5.91. The second kappa shape index (κ2) is 8.57. The number of nitrogens with one attached hydrogen (secondary N) is 1. The van der Waals surface area contributed by atoms with Gasteiger partial charge in [0.25, 0.3) is 0 Å². The number of ketones is 1. The Morgan fingerprint density at radius 1 is 1.20 bits per heavy atom. The molecule has 0 unspecified atom stereocenters. The molecule has 2 fully saturated rings. The first kappa shape index (κ1) is 19.8. The summed E-state index contributed by atoms with van der Waals surface area (Å²) in [5.74, 6) is 1.11. The van der Waals surface area contributed by atoms with Crippen molar-refractivity contribution in [2.75, 3.05) is 31.6 Å². The minimum absolute atomic E-state index is 0.181. The summed E-state index contributed by atoms with van der Waals surface area (Å²) in [4.78, 5) is 24.3. The maximum atomic E-state index is 11.6. The number of hydrogen-bond acceptors (Lipinski definition) is 7. The minimum Gasteiger partial charge on any atom is -0.379 e. The predicted octanol–water partition coefficient (Wildman–Crippen LogP) is 4.03. The van der Waals surface area contributed by atoms with Gasteiger partial charge < -0.3 is 10.1 Å². The highest BCUT2D eigenvalue weighted by Crippen LogP contribution is 2.37. The second-order valence-corrected chi connectivity index (χ2v) is 9.54. The molecule has 1 saturated heterocycles. The van der Waals surface area contributed by atoms with Crippen molar-refractivity contribution in [2.24, 2.45) is 0 Å². The number of carbonyl (C=O) groups excluding carboxylic acids is 1. The normalized spacial score (nSPS) is 23.1. The van der Waals surface area contributed by atoms with Gasteiger partial charge in [-0.15, -0.1) is 11.3 Å². The lowest BCUT2D eigenvalue weighted by atomic mass is 9.90. The van der Waals surface area contributed by atoms with E-state index in [-0.39, 0.29) is 5.78 Å². The number of morpholine rings is 1. The van der Waals surface area contributed by atoms with Gasteiger partial charge in [-0.25, -0.2) is 9.97 Å². The third-order valence-electron chi connectivity index (χ3n) is 6.39. The minimum atomic E-state index is 0.181. The third kappa shape index (κ3) is 4.06. The SMILES string of the molecule is CC(=O)Cc1ccc2sc3ncnc(N[C@H]4CC[C@H](N5CCOCC5)CC4)c3c2c1. The van der Waals surface area contributed by atoms with Crippen LogP contribution in [0.5, 0.6) is 0 Å². The largest absolute Gasteiger partial charge is 0.379 e. The number of carbonyl (C=O) groups is 1. The Kier molecular flexibility index (Phi) is 5.67. The molecule has 0 amide bonds. The molecule has 0 radical (unpaired) electrons. The van der Waals surface area contributed by atoms with Crippen molar-refractivity contribution in [1.29, 1.82) is 0 Å². The number of anilines is 1.